The number of hydrogen-bond acceptors (Lipinski definition) is 5. The zero-order chi connectivity index (χ0) is 25.5. The quantitative estimate of drug-likeness (QED) is 0.386. The number of carboxylic acids is 1. The minimum atomic E-state index is -0.997. The van der Waals surface area contributed by atoms with Crippen molar-refractivity contribution in [2.24, 2.45) is 7.05 Å². The van der Waals surface area contributed by atoms with Gasteiger partial charge in [-0.2, -0.15) is 0 Å². The Morgan fingerprint density at radius 3 is 2.49 bits per heavy atom. The van der Waals surface area contributed by atoms with Crippen molar-refractivity contribution in [3.63, 3.8) is 0 Å². The highest BCUT2D eigenvalue weighted by Gasteiger charge is 2.29. The number of carbonyl (C=O) groups is 1. The Morgan fingerprint density at radius 1 is 1.00 bits per heavy atom. The molecular weight excluding hydrogens is 468 g/mol. The first kappa shape index (κ1) is 22.9. The van der Waals surface area contributed by atoms with E-state index in [9.17, 15) is 14.7 Å². The van der Waals surface area contributed by atoms with Crippen molar-refractivity contribution in [3.8, 4) is 16.8 Å². The highest BCUT2D eigenvalue weighted by atomic mass is 16.4. The summed E-state index contributed by atoms with van der Waals surface area (Å²) in [5.74, 6) is -0.313. The Morgan fingerprint density at radius 2 is 1.76 bits per heavy atom. The molecule has 0 amide bonds. The maximum atomic E-state index is 13.8. The average molecular weight is 495 g/mol. The number of imidazole rings is 2. The average Bonchev–Trinajstić information content (AvgIpc) is 3.60. The summed E-state index contributed by atoms with van der Waals surface area (Å²) in [6, 6.07) is 21.9. The summed E-state index contributed by atoms with van der Waals surface area (Å²) in [6.45, 7) is 1.94. The zero-order valence-corrected chi connectivity index (χ0v) is 20.4. The molecule has 186 valence electrons. The van der Waals surface area contributed by atoms with E-state index in [4.69, 9.17) is 0 Å². The van der Waals surface area contributed by atoms with E-state index in [2.05, 4.69) is 27.0 Å². The van der Waals surface area contributed by atoms with Gasteiger partial charge < -0.3 is 9.67 Å². The molecule has 1 aliphatic rings. The van der Waals surface area contributed by atoms with Gasteiger partial charge in [0.05, 0.1) is 30.0 Å². The number of aromatic nitrogens is 5. The van der Waals surface area contributed by atoms with Crippen LogP contribution in [0.5, 0.6) is 0 Å². The molecule has 0 aliphatic carbocycles. The molecule has 1 N–H and O–H groups in total. The molecule has 0 bridgehead atoms. The van der Waals surface area contributed by atoms with Gasteiger partial charge in [0.15, 0.2) is 5.65 Å². The van der Waals surface area contributed by atoms with Crippen LogP contribution in [-0.2, 0) is 13.6 Å². The molecule has 4 heterocycles. The Hall–Kier alpha value is -4.50. The van der Waals surface area contributed by atoms with Crippen molar-refractivity contribution in [2.45, 2.75) is 19.0 Å². The Balaban J connectivity index is 1.31. The van der Waals surface area contributed by atoms with E-state index in [0.717, 1.165) is 35.3 Å². The number of fused-ring (bicyclic) bond motifs is 1. The molecule has 37 heavy (non-hydrogen) atoms. The van der Waals surface area contributed by atoms with Crippen molar-refractivity contribution in [1.29, 1.82) is 0 Å². The zero-order valence-electron chi connectivity index (χ0n) is 20.4. The molecule has 9 nitrogen and oxygen atoms in total. The van der Waals surface area contributed by atoms with Crippen LogP contribution in [0, 0.1) is 0 Å². The number of rotatable bonds is 6. The van der Waals surface area contributed by atoms with Gasteiger partial charge in [0.25, 0.3) is 0 Å². The molecule has 9 heteroatoms. The Bertz CT molecular complexity index is 1650. The lowest BCUT2D eigenvalue weighted by Gasteiger charge is -2.16. The Kier molecular flexibility index (Phi) is 5.69. The maximum Gasteiger partial charge on any atom is 0.354 e. The number of carboxylic acid groups (broad SMARTS) is 1. The van der Waals surface area contributed by atoms with Crippen molar-refractivity contribution in [1.82, 2.24) is 28.6 Å². The molecular formula is C28H26N6O3. The lowest BCUT2D eigenvalue weighted by atomic mass is 10.1. The standard InChI is InChI=1S/C28H26N6O3/c1-31-24(27(35)36)16-30-25(31)18-32-15-13-22(17-32)34-26-23(8-5-14-29-26)33(28(34)37)21-11-9-20(10-12-21)19-6-3-2-4-7-19/h2-12,14,16,22H,13,15,17-18H2,1H3,(H,35,36). The van der Waals surface area contributed by atoms with E-state index >= 15 is 0 Å². The number of benzene rings is 2. The first-order valence-electron chi connectivity index (χ1n) is 12.2. The molecule has 1 fully saturated rings. The summed E-state index contributed by atoms with van der Waals surface area (Å²) < 4.78 is 5.15. The summed E-state index contributed by atoms with van der Waals surface area (Å²) >= 11 is 0. The molecule has 0 radical (unpaired) electrons. The summed E-state index contributed by atoms with van der Waals surface area (Å²) in [5.41, 5.74) is 4.49. The van der Waals surface area contributed by atoms with Crippen molar-refractivity contribution in [3.05, 3.63) is 101 Å². The fraction of sp³-hybridized carbons (Fsp3) is 0.214. The fourth-order valence-electron chi connectivity index (χ4n) is 5.22. The maximum absolute atomic E-state index is 13.8. The molecule has 0 spiro atoms. The van der Waals surface area contributed by atoms with Crippen molar-refractivity contribution < 1.29 is 9.90 Å². The third-order valence-electron chi connectivity index (χ3n) is 7.15. The van der Waals surface area contributed by atoms with Gasteiger partial charge in [0.1, 0.15) is 11.5 Å². The van der Waals surface area contributed by atoms with Crippen LogP contribution in [0.25, 0.3) is 28.0 Å². The van der Waals surface area contributed by atoms with Crippen LogP contribution in [0.3, 0.4) is 0 Å². The molecule has 6 rings (SSSR count). The first-order valence-corrected chi connectivity index (χ1v) is 12.2. The highest BCUT2D eigenvalue weighted by Crippen LogP contribution is 2.27. The molecule has 2 aromatic carbocycles. The molecule has 1 unspecified atom stereocenters. The summed E-state index contributed by atoms with van der Waals surface area (Å²) in [6.07, 6.45) is 3.89. The third-order valence-corrected chi connectivity index (χ3v) is 7.15. The van der Waals surface area contributed by atoms with E-state index in [0.29, 0.717) is 24.6 Å². The first-order chi connectivity index (χ1) is 18.0. The predicted octanol–water partition coefficient (Wildman–Crippen LogP) is 3.73. The van der Waals surface area contributed by atoms with Crippen LogP contribution in [-0.4, -0.2) is 52.7 Å². The van der Waals surface area contributed by atoms with Crippen LogP contribution >= 0.6 is 0 Å². The van der Waals surface area contributed by atoms with Gasteiger partial charge in [-0.25, -0.2) is 19.6 Å². The summed E-state index contributed by atoms with van der Waals surface area (Å²) in [4.78, 5) is 36.3. The second kappa shape index (κ2) is 9.18. The summed E-state index contributed by atoms with van der Waals surface area (Å²) in [7, 11) is 1.71. The SMILES string of the molecule is Cn1c(C(=O)O)cnc1CN1CCC(n2c(=O)n(-c3ccc(-c4ccccc4)cc3)c3cccnc32)C1. The third kappa shape index (κ3) is 4.03. The van der Waals surface area contributed by atoms with Gasteiger partial charge in [-0.1, -0.05) is 42.5 Å². The lowest BCUT2D eigenvalue weighted by molar-refractivity contribution is 0.0686. The number of pyridine rings is 1. The van der Waals surface area contributed by atoms with E-state index in [1.807, 2.05) is 59.2 Å². The van der Waals surface area contributed by atoms with Crippen LogP contribution < -0.4 is 5.69 Å². The smallest absolute Gasteiger partial charge is 0.354 e. The van der Waals surface area contributed by atoms with Crippen LogP contribution in [0.2, 0.25) is 0 Å². The van der Waals surface area contributed by atoms with Crippen LogP contribution in [0.15, 0.2) is 83.9 Å². The lowest BCUT2D eigenvalue weighted by Crippen LogP contribution is -2.29. The number of hydrogen-bond donors (Lipinski definition) is 1. The second-order valence-electron chi connectivity index (χ2n) is 9.35. The van der Waals surface area contributed by atoms with Gasteiger partial charge in [0.2, 0.25) is 0 Å². The molecule has 1 atom stereocenters. The van der Waals surface area contributed by atoms with E-state index < -0.39 is 5.97 Å². The minimum Gasteiger partial charge on any atom is -0.477 e. The van der Waals surface area contributed by atoms with Gasteiger partial charge >= 0.3 is 11.7 Å². The van der Waals surface area contributed by atoms with E-state index in [1.165, 1.54) is 6.20 Å². The van der Waals surface area contributed by atoms with E-state index in [1.54, 1.807) is 22.4 Å². The second-order valence-corrected chi connectivity index (χ2v) is 9.35. The molecule has 1 aliphatic heterocycles. The number of nitrogens with zero attached hydrogens (tertiary/aromatic N) is 6. The molecule has 0 saturated carbocycles. The fourth-order valence-corrected chi connectivity index (χ4v) is 5.22. The molecule has 3 aromatic heterocycles. The molecule has 1 saturated heterocycles. The van der Waals surface area contributed by atoms with Crippen LogP contribution in [0.4, 0.5) is 0 Å². The molecule has 5 aromatic rings. The van der Waals surface area contributed by atoms with Crippen molar-refractivity contribution in [2.75, 3.05) is 13.1 Å². The largest absolute Gasteiger partial charge is 0.477 e. The predicted molar refractivity (Wildman–Crippen MR) is 140 cm³/mol. The van der Waals surface area contributed by atoms with Gasteiger partial charge in [0, 0.05) is 26.3 Å². The number of likely N-dealkylation sites (tertiary alicyclic amines) is 1. The number of aromatic carboxylic acids is 1. The topological polar surface area (TPSA) is 98.2 Å². The monoisotopic (exact) mass is 494 g/mol. The summed E-state index contributed by atoms with van der Waals surface area (Å²) in [5, 5.41) is 9.31. The minimum absolute atomic E-state index is 0.0473. The van der Waals surface area contributed by atoms with Gasteiger partial charge in [-0.3, -0.25) is 14.0 Å². The Labute approximate surface area is 212 Å². The van der Waals surface area contributed by atoms with E-state index in [-0.39, 0.29) is 17.4 Å². The van der Waals surface area contributed by atoms with Crippen LogP contribution in [0.1, 0.15) is 28.8 Å². The van der Waals surface area contributed by atoms with Gasteiger partial charge in [-0.15, -0.1) is 0 Å². The normalized spacial score (nSPS) is 16.0. The van der Waals surface area contributed by atoms with Gasteiger partial charge in [-0.05, 0) is 41.8 Å². The van der Waals surface area contributed by atoms with Crippen molar-refractivity contribution >= 4 is 17.1 Å². The highest BCUT2D eigenvalue weighted by molar-refractivity contribution is 5.85.